The summed E-state index contributed by atoms with van der Waals surface area (Å²) in [6, 6.07) is 1.88. The van der Waals surface area contributed by atoms with E-state index in [0.29, 0.717) is 12.8 Å². The van der Waals surface area contributed by atoms with Gasteiger partial charge in [0, 0.05) is 0 Å². The van der Waals surface area contributed by atoms with Gasteiger partial charge >= 0.3 is 6.18 Å². The molecule has 0 aromatic rings. The Balaban J connectivity index is 2.36. The third kappa shape index (κ3) is 2.11. The molecular weight excluding hydrogens is 169 g/mol. The summed E-state index contributed by atoms with van der Waals surface area (Å²) >= 11 is 0. The van der Waals surface area contributed by atoms with Gasteiger partial charge in [0.05, 0.1) is 12.6 Å². The largest absolute Gasteiger partial charge is 0.401 e. The van der Waals surface area contributed by atoms with Crippen LogP contribution in [0.3, 0.4) is 0 Å². The average Bonchev–Trinajstić information content (AvgIpc) is 1.84. The number of nitrogens with one attached hydrogen (secondary N) is 1. The first-order chi connectivity index (χ1) is 5.47. The number of alkyl halides is 3. The van der Waals surface area contributed by atoms with Gasteiger partial charge in [-0.05, 0) is 19.3 Å². The van der Waals surface area contributed by atoms with Gasteiger partial charge in [0.1, 0.15) is 5.54 Å². The van der Waals surface area contributed by atoms with Crippen LogP contribution in [0, 0.1) is 11.3 Å². The molecule has 1 aliphatic rings. The fourth-order valence-corrected chi connectivity index (χ4v) is 1.13. The van der Waals surface area contributed by atoms with Crippen molar-refractivity contribution in [2.24, 2.45) is 0 Å². The molecule has 0 heterocycles. The maximum Gasteiger partial charge on any atom is 0.401 e. The Morgan fingerprint density at radius 2 is 2.00 bits per heavy atom. The van der Waals surface area contributed by atoms with Gasteiger partial charge in [-0.2, -0.15) is 18.4 Å². The number of nitrogens with zero attached hydrogens (tertiary/aromatic N) is 1. The lowest BCUT2D eigenvalue weighted by molar-refractivity contribution is -0.129. The molecular formula is C7H9F3N2. The van der Waals surface area contributed by atoms with Crippen molar-refractivity contribution < 1.29 is 13.2 Å². The van der Waals surface area contributed by atoms with Crippen LogP contribution in [-0.2, 0) is 0 Å². The summed E-state index contributed by atoms with van der Waals surface area (Å²) in [5, 5.41) is 10.8. The Hall–Kier alpha value is -0.760. The van der Waals surface area contributed by atoms with Crippen LogP contribution in [0.15, 0.2) is 0 Å². The van der Waals surface area contributed by atoms with Gasteiger partial charge in [0.25, 0.3) is 0 Å². The second-order valence-corrected chi connectivity index (χ2v) is 3.02. The normalized spacial score (nSPS) is 21.2. The Morgan fingerprint density at radius 1 is 1.42 bits per heavy atom. The minimum Gasteiger partial charge on any atom is -0.291 e. The monoisotopic (exact) mass is 178 g/mol. The molecule has 0 radical (unpaired) electrons. The maximum absolute atomic E-state index is 11.7. The van der Waals surface area contributed by atoms with Crippen LogP contribution < -0.4 is 5.32 Å². The number of halogens is 3. The Morgan fingerprint density at radius 3 is 2.25 bits per heavy atom. The molecule has 1 aliphatic carbocycles. The topological polar surface area (TPSA) is 35.8 Å². The van der Waals surface area contributed by atoms with Crippen molar-refractivity contribution in [3.63, 3.8) is 0 Å². The third-order valence-electron chi connectivity index (χ3n) is 2.05. The van der Waals surface area contributed by atoms with Crippen LogP contribution >= 0.6 is 0 Å². The third-order valence-corrected chi connectivity index (χ3v) is 2.05. The van der Waals surface area contributed by atoms with Crippen molar-refractivity contribution in [1.29, 1.82) is 5.26 Å². The van der Waals surface area contributed by atoms with Crippen molar-refractivity contribution >= 4 is 0 Å². The molecule has 0 bridgehead atoms. The first kappa shape index (κ1) is 9.33. The standard InChI is InChI=1S/C7H9F3N2/c8-7(9,10)5-12-6(4-11)2-1-3-6/h12H,1-3,5H2. The van der Waals surface area contributed by atoms with E-state index in [2.05, 4.69) is 5.32 Å². The Labute approximate surface area is 68.4 Å². The molecule has 2 nitrogen and oxygen atoms in total. The van der Waals surface area contributed by atoms with Crippen LogP contribution in [0.25, 0.3) is 0 Å². The summed E-state index contributed by atoms with van der Waals surface area (Å²) in [6.07, 6.45) is -2.34. The summed E-state index contributed by atoms with van der Waals surface area (Å²) in [5.41, 5.74) is -0.893. The zero-order valence-corrected chi connectivity index (χ0v) is 6.41. The van der Waals surface area contributed by atoms with Crippen molar-refractivity contribution in [3.8, 4) is 6.07 Å². The lowest BCUT2D eigenvalue weighted by Crippen LogP contribution is -2.52. The van der Waals surface area contributed by atoms with Crippen molar-refractivity contribution in [3.05, 3.63) is 0 Å². The minimum absolute atomic E-state index is 0.527. The Bertz CT molecular complexity index is 200. The first-order valence-corrected chi connectivity index (χ1v) is 3.70. The van der Waals surface area contributed by atoms with Crippen molar-refractivity contribution in [1.82, 2.24) is 5.32 Å². The lowest BCUT2D eigenvalue weighted by Gasteiger charge is -2.36. The van der Waals surface area contributed by atoms with Gasteiger partial charge in [0.2, 0.25) is 0 Å². The van der Waals surface area contributed by atoms with E-state index in [0.717, 1.165) is 6.42 Å². The van der Waals surface area contributed by atoms with Gasteiger partial charge in [-0.3, -0.25) is 5.32 Å². The number of hydrogen-bond donors (Lipinski definition) is 1. The highest BCUT2D eigenvalue weighted by atomic mass is 19.4. The molecule has 0 aliphatic heterocycles. The second kappa shape index (κ2) is 2.94. The molecule has 1 fully saturated rings. The highest BCUT2D eigenvalue weighted by molar-refractivity contribution is 5.12. The van der Waals surface area contributed by atoms with Gasteiger partial charge in [-0.25, -0.2) is 0 Å². The van der Waals surface area contributed by atoms with Crippen LogP contribution in [0.5, 0.6) is 0 Å². The highest BCUT2D eigenvalue weighted by Crippen LogP contribution is 2.31. The molecule has 0 amide bonds. The molecule has 5 heteroatoms. The summed E-state index contributed by atoms with van der Waals surface area (Å²) in [5.74, 6) is 0. The van der Waals surface area contributed by atoms with E-state index in [1.165, 1.54) is 0 Å². The van der Waals surface area contributed by atoms with E-state index in [-0.39, 0.29) is 0 Å². The molecule has 1 rings (SSSR count). The van der Waals surface area contributed by atoms with Gasteiger partial charge in [-0.15, -0.1) is 0 Å². The van der Waals surface area contributed by atoms with Crippen LogP contribution in [0.4, 0.5) is 13.2 Å². The predicted octanol–water partition coefficient (Wildman–Crippen LogP) is 1.58. The summed E-state index contributed by atoms with van der Waals surface area (Å²) in [6.45, 7) is -1.07. The van der Waals surface area contributed by atoms with Crippen LogP contribution in [0.2, 0.25) is 0 Å². The fraction of sp³-hybridized carbons (Fsp3) is 0.857. The highest BCUT2D eigenvalue weighted by Gasteiger charge is 2.40. The fourth-order valence-electron chi connectivity index (χ4n) is 1.13. The predicted molar refractivity (Wildman–Crippen MR) is 36.3 cm³/mol. The van der Waals surface area contributed by atoms with E-state index >= 15 is 0 Å². The number of rotatable bonds is 2. The Kier molecular flexibility index (Phi) is 2.29. The van der Waals surface area contributed by atoms with Gasteiger partial charge in [0.15, 0.2) is 0 Å². The summed E-state index contributed by atoms with van der Waals surface area (Å²) < 4.78 is 35.1. The van der Waals surface area contributed by atoms with E-state index in [4.69, 9.17) is 5.26 Å². The average molecular weight is 178 g/mol. The minimum atomic E-state index is -4.22. The molecule has 0 unspecified atom stereocenters. The quantitative estimate of drug-likeness (QED) is 0.696. The molecule has 0 aromatic heterocycles. The number of hydrogen-bond acceptors (Lipinski definition) is 2. The number of nitriles is 1. The summed E-state index contributed by atoms with van der Waals surface area (Å²) in [7, 11) is 0. The second-order valence-electron chi connectivity index (χ2n) is 3.02. The SMILES string of the molecule is N#CC1(NCC(F)(F)F)CCC1. The molecule has 0 atom stereocenters. The maximum atomic E-state index is 11.7. The molecule has 1 N–H and O–H groups in total. The molecule has 68 valence electrons. The lowest BCUT2D eigenvalue weighted by atomic mass is 9.78. The smallest absolute Gasteiger partial charge is 0.291 e. The van der Waals surface area contributed by atoms with Crippen molar-refractivity contribution in [2.75, 3.05) is 6.54 Å². The zero-order chi connectivity index (χ0) is 9.24. The van der Waals surface area contributed by atoms with E-state index in [1.54, 1.807) is 0 Å². The van der Waals surface area contributed by atoms with E-state index in [1.807, 2.05) is 6.07 Å². The van der Waals surface area contributed by atoms with Crippen molar-refractivity contribution in [2.45, 2.75) is 31.0 Å². The van der Waals surface area contributed by atoms with Gasteiger partial charge in [-0.1, -0.05) is 0 Å². The van der Waals surface area contributed by atoms with Crippen LogP contribution in [-0.4, -0.2) is 18.3 Å². The summed E-state index contributed by atoms with van der Waals surface area (Å²) in [4.78, 5) is 0. The van der Waals surface area contributed by atoms with E-state index < -0.39 is 18.3 Å². The van der Waals surface area contributed by atoms with Crippen LogP contribution in [0.1, 0.15) is 19.3 Å². The zero-order valence-electron chi connectivity index (χ0n) is 6.41. The first-order valence-electron chi connectivity index (χ1n) is 3.70. The van der Waals surface area contributed by atoms with Gasteiger partial charge < -0.3 is 0 Å². The molecule has 12 heavy (non-hydrogen) atoms. The molecule has 0 spiro atoms. The molecule has 0 aromatic carbocycles. The molecule has 1 saturated carbocycles. The van der Waals surface area contributed by atoms with E-state index in [9.17, 15) is 13.2 Å². The molecule has 0 saturated heterocycles.